The molecule has 0 radical (unpaired) electrons. The highest BCUT2D eigenvalue weighted by atomic mass is 16.6. The van der Waals surface area contributed by atoms with Crippen molar-refractivity contribution in [1.82, 2.24) is 15.0 Å². The van der Waals surface area contributed by atoms with Gasteiger partial charge in [-0.3, -0.25) is 0 Å². The van der Waals surface area contributed by atoms with Crippen LogP contribution in [0.3, 0.4) is 0 Å². The molecule has 0 spiro atoms. The fraction of sp³-hybridized carbons (Fsp3) is 0.778. The molecule has 1 aliphatic heterocycles. The molecule has 1 aromatic rings. The summed E-state index contributed by atoms with van der Waals surface area (Å²) >= 11 is 0. The molecule has 1 amide bonds. The van der Waals surface area contributed by atoms with Crippen LogP contribution < -0.4 is 0 Å². The monoisotopic (exact) mass is 348 g/mol. The minimum Gasteiger partial charge on any atom is -0.444 e. The second kappa shape index (κ2) is 7.42. The predicted molar refractivity (Wildman–Crippen MR) is 91.8 cm³/mol. The van der Waals surface area contributed by atoms with E-state index >= 15 is 0 Å². The van der Waals surface area contributed by atoms with E-state index < -0.39 is 17.1 Å². The summed E-state index contributed by atoms with van der Waals surface area (Å²) in [5.74, 6) is 1.47. The Kier molecular flexibility index (Phi) is 5.71. The van der Waals surface area contributed by atoms with Gasteiger partial charge in [-0.05, 0) is 46.0 Å². The molecular formula is C18H28N4O3. The van der Waals surface area contributed by atoms with E-state index in [9.17, 15) is 10.1 Å². The van der Waals surface area contributed by atoms with Gasteiger partial charge in [0.25, 0.3) is 0 Å². The fourth-order valence-corrected chi connectivity index (χ4v) is 2.82. The lowest BCUT2D eigenvalue weighted by atomic mass is 9.81. The Labute approximate surface area is 149 Å². The van der Waals surface area contributed by atoms with E-state index in [4.69, 9.17) is 9.26 Å². The summed E-state index contributed by atoms with van der Waals surface area (Å²) in [6, 6.07) is 2.31. The topological polar surface area (TPSA) is 92.2 Å². The molecule has 1 aliphatic rings. The zero-order valence-electron chi connectivity index (χ0n) is 15.8. The maximum absolute atomic E-state index is 12.4. The lowest BCUT2D eigenvalue weighted by Gasteiger charge is -2.36. The third-order valence-electron chi connectivity index (χ3n) is 4.18. The van der Waals surface area contributed by atoms with Gasteiger partial charge >= 0.3 is 6.09 Å². The average molecular weight is 348 g/mol. The Balaban J connectivity index is 2.14. The summed E-state index contributed by atoms with van der Waals surface area (Å²) in [5, 5.41) is 13.8. The predicted octanol–water partition coefficient (Wildman–Crippen LogP) is 3.45. The van der Waals surface area contributed by atoms with Crippen molar-refractivity contribution >= 4 is 6.09 Å². The number of aryl methyl sites for hydroxylation is 1. The van der Waals surface area contributed by atoms with Gasteiger partial charge in [0.1, 0.15) is 5.60 Å². The van der Waals surface area contributed by atoms with Gasteiger partial charge in [0.15, 0.2) is 11.2 Å². The summed E-state index contributed by atoms with van der Waals surface area (Å²) in [6.45, 7) is 10.5. The van der Waals surface area contributed by atoms with E-state index in [1.807, 2.05) is 20.8 Å². The lowest BCUT2D eigenvalue weighted by molar-refractivity contribution is 0.0151. The molecule has 0 N–H and O–H groups in total. The van der Waals surface area contributed by atoms with Crippen LogP contribution in [-0.4, -0.2) is 39.8 Å². The summed E-state index contributed by atoms with van der Waals surface area (Å²) < 4.78 is 10.8. The molecule has 1 atom stereocenters. The number of nitrogens with zero attached hydrogens (tertiary/aromatic N) is 4. The first-order valence-electron chi connectivity index (χ1n) is 8.87. The Morgan fingerprint density at radius 3 is 2.80 bits per heavy atom. The molecule has 1 saturated heterocycles. The van der Waals surface area contributed by atoms with Crippen molar-refractivity contribution in [3.8, 4) is 6.07 Å². The maximum atomic E-state index is 12.4. The molecule has 0 bridgehead atoms. The molecule has 2 rings (SSSR count). The number of carbonyl (C=O) groups is 1. The smallest absolute Gasteiger partial charge is 0.410 e. The molecule has 138 valence electrons. The van der Waals surface area contributed by atoms with Gasteiger partial charge in [0.2, 0.25) is 5.89 Å². The number of rotatable bonds is 4. The first-order valence-corrected chi connectivity index (χ1v) is 8.87. The fourth-order valence-electron chi connectivity index (χ4n) is 2.82. The molecule has 7 heteroatoms. The zero-order valence-corrected chi connectivity index (χ0v) is 15.8. The molecule has 1 aromatic heterocycles. The molecule has 7 nitrogen and oxygen atoms in total. The van der Waals surface area contributed by atoms with Crippen LogP contribution in [-0.2, 0) is 16.6 Å². The molecule has 0 saturated carbocycles. The summed E-state index contributed by atoms with van der Waals surface area (Å²) in [4.78, 5) is 18.4. The van der Waals surface area contributed by atoms with E-state index in [-0.39, 0.29) is 6.54 Å². The highest BCUT2D eigenvalue weighted by molar-refractivity contribution is 5.68. The Hall–Kier alpha value is -2.10. The SMILES string of the molecule is CC(C)CCc1noc(C2(C#N)CCCN(C(=O)OC(C)(C)C)C2)n1. The number of nitriles is 1. The van der Waals surface area contributed by atoms with Crippen molar-refractivity contribution in [1.29, 1.82) is 5.26 Å². The number of amides is 1. The number of hydrogen-bond acceptors (Lipinski definition) is 6. The highest BCUT2D eigenvalue weighted by Crippen LogP contribution is 2.33. The maximum Gasteiger partial charge on any atom is 0.410 e. The normalized spacial score (nSPS) is 21.2. The minimum absolute atomic E-state index is 0.213. The van der Waals surface area contributed by atoms with Crippen LogP contribution in [0.5, 0.6) is 0 Å². The Bertz CT molecular complexity index is 641. The van der Waals surface area contributed by atoms with Gasteiger partial charge in [-0.2, -0.15) is 10.2 Å². The third kappa shape index (κ3) is 4.94. The summed E-state index contributed by atoms with van der Waals surface area (Å²) in [7, 11) is 0. The number of hydrogen-bond donors (Lipinski definition) is 0. The zero-order chi connectivity index (χ0) is 18.7. The van der Waals surface area contributed by atoms with Gasteiger partial charge in [-0.15, -0.1) is 0 Å². The van der Waals surface area contributed by atoms with Crippen LogP contribution in [0.25, 0.3) is 0 Å². The molecule has 1 unspecified atom stereocenters. The first-order chi connectivity index (χ1) is 11.6. The number of carbonyl (C=O) groups excluding carboxylic acids is 1. The van der Waals surface area contributed by atoms with E-state index in [1.54, 1.807) is 4.90 Å². The van der Waals surface area contributed by atoms with Crippen LogP contribution in [0.15, 0.2) is 4.52 Å². The molecule has 0 aromatic carbocycles. The Morgan fingerprint density at radius 1 is 1.48 bits per heavy atom. The molecule has 2 heterocycles. The number of likely N-dealkylation sites (tertiary alicyclic amines) is 1. The summed E-state index contributed by atoms with van der Waals surface area (Å²) in [6.07, 6.45) is 2.55. The quantitative estimate of drug-likeness (QED) is 0.827. The van der Waals surface area contributed by atoms with Crippen molar-refractivity contribution in [2.24, 2.45) is 5.92 Å². The summed E-state index contributed by atoms with van der Waals surface area (Å²) in [5.41, 5.74) is -1.53. The third-order valence-corrected chi connectivity index (χ3v) is 4.18. The average Bonchev–Trinajstić information content (AvgIpc) is 3.01. The van der Waals surface area contributed by atoms with Gasteiger partial charge in [-0.1, -0.05) is 19.0 Å². The van der Waals surface area contributed by atoms with Crippen LogP contribution in [0.1, 0.15) is 65.6 Å². The number of ether oxygens (including phenoxy) is 1. The second-order valence-corrected chi connectivity index (χ2v) is 8.15. The largest absolute Gasteiger partial charge is 0.444 e. The standard InChI is InChI=1S/C18H28N4O3/c1-13(2)7-8-14-20-15(25-21-14)18(11-19)9-6-10-22(12-18)16(23)24-17(3,4)5/h13H,6-10,12H2,1-5H3. The van der Waals surface area contributed by atoms with Crippen molar-refractivity contribution in [3.05, 3.63) is 11.7 Å². The molecular weight excluding hydrogens is 320 g/mol. The molecule has 25 heavy (non-hydrogen) atoms. The van der Waals surface area contributed by atoms with E-state index in [1.165, 1.54) is 0 Å². The van der Waals surface area contributed by atoms with Gasteiger partial charge < -0.3 is 14.2 Å². The van der Waals surface area contributed by atoms with Gasteiger partial charge in [0.05, 0.1) is 12.6 Å². The Morgan fingerprint density at radius 2 is 2.20 bits per heavy atom. The van der Waals surface area contributed by atoms with Gasteiger partial charge in [0, 0.05) is 13.0 Å². The lowest BCUT2D eigenvalue weighted by Crippen LogP contribution is -2.49. The first kappa shape index (κ1) is 19.2. The molecule has 1 fully saturated rings. The van der Waals surface area contributed by atoms with Crippen molar-refractivity contribution in [2.45, 2.75) is 71.3 Å². The van der Waals surface area contributed by atoms with Gasteiger partial charge in [-0.25, -0.2) is 4.79 Å². The van der Waals surface area contributed by atoms with Crippen LogP contribution in [0, 0.1) is 17.2 Å². The highest BCUT2D eigenvalue weighted by Gasteiger charge is 2.44. The molecule has 0 aliphatic carbocycles. The second-order valence-electron chi connectivity index (χ2n) is 8.15. The number of piperidine rings is 1. The van der Waals surface area contributed by atoms with Crippen LogP contribution >= 0.6 is 0 Å². The van der Waals surface area contributed by atoms with E-state index in [0.717, 1.165) is 12.8 Å². The van der Waals surface area contributed by atoms with Crippen LogP contribution in [0.4, 0.5) is 4.79 Å². The van der Waals surface area contributed by atoms with Crippen LogP contribution in [0.2, 0.25) is 0 Å². The van der Waals surface area contributed by atoms with E-state index in [2.05, 4.69) is 30.1 Å². The van der Waals surface area contributed by atoms with Crippen molar-refractivity contribution < 1.29 is 14.1 Å². The van der Waals surface area contributed by atoms with E-state index in [0.29, 0.717) is 37.0 Å². The van der Waals surface area contributed by atoms with Crippen molar-refractivity contribution in [2.75, 3.05) is 13.1 Å². The minimum atomic E-state index is -0.960. The van der Waals surface area contributed by atoms with Crippen molar-refractivity contribution in [3.63, 3.8) is 0 Å². The number of aromatic nitrogens is 2.